The lowest BCUT2D eigenvalue weighted by molar-refractivity contribution is -0.123. The molecule has 35 heavy (non-hydrogen) atoms. The molecule has 178 valence electrons. The van der Waals surface area contributed by atoms with Crippen molar-refractivity contribution in [3.8, 4) is 11.5 Å². The number of carbonyl (C=O) groups excluding carboxylic acids is 3. The van der Waals surface area contributed by atoms with Crippen LogP contribution in [0.2, 0.25) is 5.02 Å². The number of imide groups is 1. The number of carbonyl (C=O) groups is 3. The van der Waals surface area contributed by atoms with Gasteiger partial charge in [-0.2, -0.15) is 0 Å². The monoisotopic (exact) mass is 575 g/mol. The van der Waals surface area contributed by atoms with Gasteiger partial charge in [0.25, 0.3) is 11.1 Å². The molecule has 0 saturated carbocycles. The highest BCUT2D eigenvalue weighted by Crippen LogP contribution is 2.36. The van der Waals surface area contributed by atoms with E-state index < -0.39 is 22.9 Å². The van der Waals surface area contributed by atoms with E-state index in [-0.39, 0.29) is 22.2 Å². The van der Waals surface area contributed by atoms with E-state index in [1.54, 1.807) is 42.5 Å². The van der Waals surface area contributed by atoms with Crippen molar-refractivity contribution in [1.29, 1.82) is 0 Å². The number of nitrogens with zero attached hydrogens (tertiary/aromatic N) is 1. The second-order valence-corrected chi connectivity index (χ2v) is 9.62. The molecule has 1 aliphatic heterocycles. The quantitative estimate of drug-likeness (QED) is 0.185. The highest BCUT2D eigenvalue weighted by Gasteiger charge is 2.35. The first-order chi connectivity index (χ1) is 16.7. The summed E-state index contributed by atoms with van der Waals surface area (Å²) in [7, 11) is 1.53. The molecule has 6 nitrogen and oxygen atoms in total. The van der Waals surface area contributed by atoms with Crippen molar-refractivity contribution in [3.63, 3.8) is 0 Å². The summed E-state index contributed by atoms with van der Waals surface area (Å²) in [6.45, 7) is -0.0983. The second kappa shape index (κ2) is 10.6. The Morgan fingerprint density at radius 2 is 1.86 bits per heavy atom. The van der Waals surface area contributed by atoms with Gasteiger partial charge in [-0.15, -0.1) is 0 Å². The van der Waals surface area contributed by atoms with Gasteiger partial charge >= 0.3 is 5.97 Å². The predicted molar refractivity (Wildman–Crippen MR) is 135 cm³/mol. The first-order valence-corrected chi connectivity index (χ1v) is 12.1. The second-order valence-electron chi connectivity index (χ2n) is 7.30. The predicted octanol–water partition coefficient (Wildman–Crippen LogP) is 6.71. The molecular weight excluding hydrogens is 561 g/mol. The molecule has 0 spiro atoms. The zero-order chi connectivity index (χ0) is 25.1. The third-order valence-corrected chi connectivity index (χ3v) is 6.76. The molecule has 0 aromatic heterocycles. The van der Waals surface area contributed by atoms with Gasteiger partial charge in [-0.1, -0.05) is 33.6 Å². The highest BCUT2D eigenvalue weighted by molar-refractivity contribution is 9.10. The molecule has 0 bridgehead atoms. The minimum Gasteiger partial charge on any atom is -0.497 e. The molecule has 0 aliphatic carbocycles. The number of thioether (sulfide) groups is 1. The van der Waals surface area contributed by atoms with Crippen LogP contribution < -0.4 is 9.47 Å². The van der Waals surface area contributed by atoms with Crippen molar-refractivity contribution < 1.29 is 28.2 Å². The molecule has 4 rings (SSSR count). The summed E-state index contributed by atoms with van der Waals surface area (Å²) in [6.07, 6.45) is 1.48. The van der Waals surface area contributed by atoms with Crippen LogP contribution >= 0.6 is 39.3 Å². The molecule has 3 aromatic rings. The fraction of sp³-hybridized carbons (Fsp3) is 0.0800. The van der Waals surface area contributed by atoms with Gasteiger partial charge in [-0.05, 0) is 78.0 Å². The van der Waals surface area contributed by atoms with Crippen LogP contribution in [0.5, 0.6) is 11.5 Å². The van der Waals surface area contributed by atoms with E-state index in [0.29, 0.717) is 26.9 Å². The SMILES string of the molecule is COc1ccc(C(=O)Oc2ccc(Br)cc2/C=C2\SC(=O)N(Cc3ccc(F)cc3Cl)C2=O)cc1. The largest absolute Gasteiger partial charge is 0.497 e. The van der Waals surface area contributed by atoms with Crippen LogP contribution in [0, 0.1) is 5.82 Å². The Balaban J connectivity index is 1.58. The fourth-order valence-electron chi connectivity index (χ4n) is 3.21. The molecule has 1 saturated heterocycles. The molecule has 2 amide bonds. The first kappa shape index (κ1) is 25.0. The van der Waals surface area contributed by atoms with Gasteiger partial charge in [0, 0.05) is 15.1 Å². The maximum absolute atomic E-state index is 13.3. The Hall–Kier alpha value is -3.14. The van der Waals surface area contributed by atoms with E-state index in [1.165, 1.54) is 25.3 Å². The fourth-order valence-corrected chi connectivity index (χ4v) is 4.64. The number of halogens is 3. The molecule has 1 fully saturated rings. The molecular formula is C25H16BrClFNO5S. The number of rotatable bonds is 6. The minimum absolute atomic E-state index is 0.0983. The number of amides is 2. The van der Waals surface area contributed by atoms with Gasteiger partial charge in [-0.3, -0.25) is 14.5 Å². The minimum atomic E-state index is -0.594. The van der Waals surface area contributed by atoms with E-state index in [0.717, 1.165) is 22.7 Å². The van der Waals surface area contributed by atoms with Crippen LogP contribution in [0.25, 0.3) is 6.08 Å². The van der Waals surface area contributed by atoms with E-state index >= 15 is 0 Å². The van der Waals surface area contributed by atoms with Crippen molar-refractivity contribution >= 4 is 62.5 Å². The molecule has 0 atom stereocenters. The van der Waals surface area contributed by atoms with E-state index in [4.69, 9.17) is 21.1 Å². The Labute approximate surface area is 217 Å². The van der Waals surface area contributed by atoms with E-state index in [2.05, 4.69) is 15.9 Å². The maximum atomic E-state index is 13.3. The number of hydrogen-bond acceptors (Lipinski definition) is 6. The Morgan fingerprint density at radius 3 is 2.54 bits per heavy atom. The zero-order valence-corrected chi connectivity index (χ0v) is 21.2. The third kappa shape index (κ3) is 5.75. The normalized spacial score (nSPS) is 14.5. The molecule has 0 unspecified atom stereocenters. The summed E-state index contributed by atoms with van der Waals surface area (Å²) in [6, 6.07) is 15.1. The van der Waals surface area contributed by atoms with E-state index in [1.807, 2.05) is 0 Å². The van der Waals surface area contributed by atoms with Crippen LogP contribution in [0.4, 0.5) is 9.18 Å². The Morgan fingerprint density at radius 1 is 1.11 bits per heavy atom. The summed E-state index contributed by atoms with van der Waals surface area (Å²) in [5.74, 6) is -0.832. The topological polar surface area (TPSA) is 72.9 Å². The zero-order valence-electron chi connectivity index (χ0n) is 18.1. The highest BCUT2D eigenvalue weighted by atomic mass is 79.9. The van der Waals surface area contributed by atoms with Crippen LogP contribution in [-0.2, 0) is 11.3 Å². The van der Waals surface area contributed by atoms with Gasteiger partial charge in [0.1, 0.15) is 17.3 Å². The average Bonchev–Trinajstić information content (AvgIpc) is 3.09. The standard InChI is InChI=1S/C25H16BrClFNO5S/c1-33-19-7-3-14(4-8-19)24(31)34-21-9-5-17(26)10-16(21)11-22-23(30)29(25(32)35-22)13-15-2-6-18(28)12-20(15)27/h2-12H,13H2,1H3/b22-11-. The molecule has 1 aliphatic rings. The summed E-state index contributed by atoms with van der Waals surface area (Å²) in [4.78, 5) is 39.3. The summed E-state index contributed by atoms with van der Waals surface area (Å²) >= 11 is 10.2. The smallest absolute Gasteiger partial charge is 0.343 e. The van der Waals surface area contributed by atoms with Crippen molar-refractivity contribution in [3.05, 3.63) is 97.6 Å². The lowest BCUT2D eigenvalue weighted by Crippen LogP contribution is -2.27. The van der Waals surface area contributed by atoms with Crippen LogP contribution in [0.15, 0.2) is 70.0 Å². The van der Waals surface area contributed by atoms with Crippen LogP contribution in [0.1, 0.15) is 21.5 Å². The molecule has 10 heteroatoms. The van der Waals surface area contributed by atoms with Gasteiger partial charge < -0.3 is 9.47 Å². The number of esters is 1. The Kier molecular flexibility index (Phi) is 7.59. The average molecular weight is 577 g/mol. The molecule has 3 aromatic carbocycles. The lowest BCUT2D eigenvalue weighted by Gasteiger charge is -2.13. The number of ether oxygens (including phenoxy) is 2. The first-order valence-electron chi connectivity index (χ1n) is 10.1. The van der Waals surface area contributed by atoms with Crippen LogP contribution in [-0.4, -0.2) is 29.1 Å². The summed E-state index contributed by atoms with van der Waals surface area (Å²) in [5.41, 5.74) is 1.18. The van der Waals surface area contributed by atoms with Crippen molar-refractivity contribution in [2.24, 2.45) is 0 Å². The van der Waals surface area contributed by atoms with Gasteiger partial charge in [0.2, 0.25) is 0 Å². The van der Waals surface area contributed by atoms with Crippen LogP contribution in [0.3, 0.4) is 0 Å². The Bertz CT molecular complexity index is 1360. The van der Waals surface area contributed by atoms with E-state index in [9.17, 15) is 18.8 Å². The summed E-state index contributed by atoms with van der Waals surface area (Å²) < 4.78 is 24.7. The number of hydrogen-bond donors (Lipinski definition) is 0. The maximum Gasteiger partial charge on any atom is 0.343 e. The molecule has 0 N–H and O–H groups in total. The third-order valence-electron chi connectivity index (χ3n) is 5.00. The van der Waals surface area contributed by atoms with Crippen molar-refractivity contribution in [1.82, 2.24) is 4.90 Å². The molecule has 1 heterocycles. The summed E-state index contributed by atoms with van der Waals surface area (Å²) in [5, 5.41) is -0.374. The lowest BCUT2D eigenvalue weighted by atomic mass is 10.1. The number of benzene rings is 3. The van der Waals surface area contributed by atoms with Gasteiger partial charge in [0.05, 0.1) is 24.1 Å². The van der Waals surface area contributed by atoms with Gasteiger partial charge in [0.15, 0.2) is 0 Å². The van der Waals surface area contributed by atoms with Crippen molar-refractivity contribution in [2.45, 2.75) is 6.54 Å². The number of methoxy groups -OCH3 is 1. The van der Waals surface area contributed by atoms with Crippen molar-refractivity contribution in [2.75, 3.05) is 7.11 Å². The van der Waals surface area contributed by atoms with Gasteiger partial charge in [-0.25, -0.2) is 9.18 Å². The molecule has 0 radical (unpaired) electrons.